The molecule has 4 fully saturated rings. The average Bonchev–Trinajstić information content (AvgIpc) is 3.54. The molecule has 3 saturated heterocycles. The third kappa shape index (κ3) is 7.60. The van der Waals surface area contributed by atoms with E-state index in [9.17, 15) is 0 Å². The van der Waals surface area contributed by atoms with Gasteiger partial charge in [0.1, 0.15) is 0 Å². The topological polar surface area (TPSA) is 37.6 Å². The lowest BCUT2D eigenvalue weighted by Gasteiger charge is -2.40. The molecule has 0 amide bonds. The molecule has 3 aliphatic heterocycles. The zero-order chi connectivity index (χ0) is 18.4. The predicted octanol–water partition coefficient (Wildman–Crippen LogP) is 5.36. The van der Waals surface area contributed by atoms with E-state index in [1.165, 1.54) is 81.5 Å². The van der Waals surface area contributed by atoms with Gasteiger partial charge in [0.15, 0.2) is 0 Å². The monoisotopic (exact) mass is 432 g/mol. The van der Waals surface area contributed by atoms with Gasteiger partial charge in [0.25, 0.3) is 0 Å². The fourth-order valence-electron chi connectivity index (χ4n) is 3.91. The molecule has 0 spiro atoms. The van der Waals surface area contributed by atoms with Gasteiger partial charge in [0.2, 0.25) is 0 Å². The van der Waals surface area contributed by atoms with E-state index in [1.807, 2.05) is 0 Å². The van der Waals surface area contributed by atoms with Crippen molar-refractivity contribution < 1.29 is 14.2 Å². The van der Waals surface area contributed by atoms with Crippen molar-refractivity contribution in [3.63, 3.8) is 0 Å². The van der Waals surface area contributed by atoms with Gasteiger partial charge in [-0.2, -0.15) is 11.8 Å². The first-order valence-corrected chi connectivity index (χ1v) is 14.1. The molecule has 0 aromatic carbocycles. The van der Waals surface area contributed by atoms with Gasteiger partial charge < -0.3 is 14.2 Å². The molecule has 3 heterocycles. The third-order valence-electron chi connectivity index (χ3n) is 5.95. The normalized spacial score (nSPS) is 40.0. The number of epoxide rings is 3. The molecule has 0 N–H and O–H groups in total. The highest BCUT2D eigenvalue weighted by Gasteiger charge is 2.43. The molecular weight excluding hydrogens is 396 g/mol. The van der Waals surface area contributed by atoms with Gasteiger partial charge in [-0.25, -0.2) is 0 Å². The second-order valence-electron chi connectivity index (χ2n) is 8.49. The van der Waals surface area contributed by atoms with Gasteiger partial charge in [0, 0.05) is 22.5 Å². The molecule has 1 aliphatic carbocycles. The maximum absolute atomic E-state index is 5.58. The van der Waals surface area contributed by atoms with Crippen LogP contribution < -0.4 is 0 Å². The average molecular weight is 433 g/mol. The Bertz CT molecular complexity index is 422. The van der Waals surface area contributed by atoms with Crippen LogP contribution in [0.3, 0.4) is 0 Å². The van der Waals surface area contributed by atoms with Gasteiger partial charge in [-0.05, 0) is 12.8 Å². The van der Waals surface area contributed by atoms with Crippen molar-refractivity contribution >= 4 is 35.3 Å². The van der Waals surface area contributed by atoms with Crippen molar-refractivity contribution in [2.75, 3.05) is 37.1 Å². The summed E-state index contributed by atoms with van der Waals surface area (Å²) in [6.07, 6.45) is 15.6. The molecule has 4 unspecified atom stereocenters. The molecule has 4 atom stereocenters. The van der Waals surface area contributed by atoms with Crippen molar-refractivity contribution in [2.24, 2.45) is 0 Å². The summed E-state index contributed by atoms with van der Waals surface area (Å²) in [5.41, 5.74) is 0. The summed E-state index contributed by atoms with van der Waals surface area (Å²) in [6, 6.07) is 0. The predicted molar refractivity (Wildman–Crippen MR) is 119 cm³/mol. The summed E-state index contributed by atoms with van der Waals surface area (Å²) < 4.78 is 17.0. The fraction of sp³-hybridized carbons (Fsp3) is 1.00. The fourth-order valence-corrected chi connectivity index (χ4v) is 9.32. The van der Waals surface area contributed by atoms with Gasteiger partial charge in [-0.1, -0.05) is 51.4 Å². The lowest BCUT2D eigenvalue weighted by atomic mass is 10.00. The van der Waals surface area contributed by atoms with Crippen molar-refractivity contribution in [3.8, 4) is 0 Å². The van der Waals surface area contributed by atoms with Crippen molar-refractivity contribution in [1.82, 2.24) is 0 Å². The molecule has 4 aliphatic rings. The Morgan fingerprint density at radius 3 is 1.67 bits per heavy atom. The first-order chi connectivity index (χ1) is 13.3. The number of hydrogen-bond acceptors (Lipinski definition) is 6. The van der Waals surface area contributed by atoms with E-state index < -0.39 is 0 Å². The Morgan fingerprint density at radius 1 is 0.630 bits per heavy atom. The quantitative estimate of drug-likeness (QED) is 0.360. The van der Waals surface area contributed by atoms with Crippen LogP contribution in [0.4, 0.5) is 0 Å². The molecule has 0 aromatic rings. The van der Waals surface area contributed by atoms with Crippen LogP contribution in [-0.2, 0) is 14.2 Å². The van der Waals surface area contributed by atoms with Crippen LogP contribution in [0.1, 0.15) is 64.2 Å². The van der Waals surface area contributed by atoms with Crippen molar-refractivity contribution in [2.45, 2.75) is 91.8 Å². The number of hydrogen-bond donors (Lipinski definition) is 0. The molecule has 156 valence electrons. The van der Waals surface area contributed by atoms with Gasteiger partial charge >= 0.3 is 0 Å². The minimum atomic E-state index is 0.330. The minimum absolute atomic E-state index is 0.330. The van der Waals surface area contributed by atoms with E-state index in [-0.39, 0.29) is 0 Å². The van der Waals surface area contributed by atoms with Gasteiger partial charge in [0.05, 0.1) is 42.2 Å². The Labute approximate surface area is 178 Å². The number of ether oxygens (including phenoxy) is 3. The Morgan fingerprint density at radius 2 is 1.11 bits per heavy atom. The van der Waals surface area contributed by atoms with E-state index in [0.717, 1.165) is 25.1 Å². The highest BCUT2D eigenvalue weighted by Crippen LogP contribution is 2.52. The standard InChI is InChI=1S/C21H36O3S3/c1-2-4-6-8-10-21(26-15-18-12-23-18,27-16-19-13-24-19)20(9-7-5-3-1)25-14-17-11-22-17/h17-20H,1-16H2. The number of thioether (sulfide) groups is 3. The van der Waals surface area contributed by atoms with Crippen LogP contribution in [0.15, 0.2) is 0 Å². The summed E-state index contributed by atoms with van der Waals surface area (Å²) in [4.78, 5) is 0. The number of rotatable bonds is 9. The van der Waals surface area contributed by atoms with Crippen LogP contribution in [0.2, 0.25) is 0 Å². The Balaban J connectivity index is 1.45. The van der Waals surface area contributed by atoms with E-state index in [0.29, 0.717) is 22.4 Å². The maximum Gasteiger partial charge on any atom is 0.0900 e. The summed E-state index contributed by atoms with van der Waals surface area (Å²) in [6.45, 7) is 2.94. The molecule has 27 heavy (non-hydrogen) atoms. The SMILES string of the molecule is C1CCCCCC(SCC2CO2)(SCC2CO2)C(SCC2CO2)CCCC1. The lowest BCUT2D eigenvalue weighted by Crippen LogP contribution is -2.36. The lowest BCUT2D eigenvalue weighted by molar-refractivity contribution is 0.423. The van der Waals surface area contributed by atoms with Crippen molar-refractivity contribution in [3.05, 3.63) is 0 Å². The smallest absolute Gasteiger partial charge is 0.0900 e. The summed E-state index contributed by atoms with van der Waals surface area (Å²) in [5, 5.41) is 0.730. The second-order valence-corrected chi connectivity index (χ2v) is 12.7. The van der Waals surface area contributed by atoms with Crippen LogP contribution in [0.5, 0.6) is 0 Å². The molecule has 0 aromatic heterocycles. The minimum Gasteiger partial charge on any atom is -0.372 e. The first-order valence-electron chi connectivity index (χ1n) is 11.1. The largest absolute Gasteiger partial charge is 0.372 e. The van der Waals surface area contributed by atoms with Crippen LogP contribution in [0.25, 0.3) is 0 Å². The molecular formula is C21H36O3S3. The summed E-state index contributed by atoms with van der Waals surface area (Å²) >= 11 is 6.70. The third-order valence-corrected chi connectivity index (χ3v) is 11.6. The zero-order valence-electron chi connectivity index (χ0n) is 16.6. The van der Waals surface area contributed by atoms with Crippen LogP contribution >= 0.6 is 35.3 Å². The molecule has 0 bridgehead atoms. The molecule has 1 saturated carbocycles. The summed E-state index contributed by atoms with van der Waals surface area (Å²) in [5.74, 6) is 3.54. The van der Waals surface area contributed by atoms with Gasteiger partial charge in [-0.15, -0.1) is 23.5 Å². The maximum atomic E-state index is 5.58. The second kappa shape index (κ2) is 10.8. The summed E-state index contributed by atoms with van der Waals surface area (Å²) in [7, 11) is 0. The Hall–Kier alpha value is 0.930. The Kier molecular flexibility index (Phi) is 8.48. The highest BCUT2D eigenvalue weighted by molar-refractivity contribution is 8.19. The van der Waals surface area contributed by atoms with Crippen molar-refractivity contribution in [1.29, 1.82) is 0 Å². The zero-order valence-corrected chi connectivity index (χ0v) is 19.0. The van der Waals surface area contributed by atoms with E-state index >= 15 is 0 Å². The van der Waals surface area contributed by atoms with E-state index in [2.05, 4.69) is 35.3 Å². The van der Waals surface area contributed by atoms with Gasteiger partial charge in [-0.3, -0.25) is 0 Å². The first kappa shape index (κ1) is 21.2. The van der Waals surface area contributed by atoms with Crippen LogP contribution in [0, 0.1) is 0 Å². The molecule has 4 rings (SSSR count). The van der Waals surface area contributed by atoms with E-state index in [4.69, 9.17) is 14.2 Å². The van der Waals surface area contributed by atoms with Crippen LogP contribution in [-0.4, -0.2) is 64.7 Å². The molecule has 0 radical (unpaired) electrons. The molecule has 6 heteroatoms. The highest BCUT2D eigenvalue weighted by atomic mass is 32.2. The molecule has 3 nitrogen and oxygen atoms in total. The van der Waals surface area contributed by atoms with E-state index in [1.54, 1.807) is 0 Å².